The molecule has 1 atom stereocenters. The molecule has 136 valence electrons. The van der Waals surface area contributed by atoms with Gasteiger partial charge in [0.05, 0.1) is 12.7 Å². The fraction of sp³-hybridized carbons (Fsp3) is 0.250. The van der Waals surface area contributed by atoms with Crippen LogP contribution in [0.2, 0.25) is 0 Å². The van der Waals surface area contributed by atoms with Crippen LogP contribution in [0.15, 0.2) is 54.6 Å². The van der Waals surface area contributed by atoms with Crippen molar-refractivity contribution in [2.24, 2.45) is 0 Å². The van der Waals surface area contributed by atoms with E-state index in [9.17, 15) is 19.5 Å². The first-order valence-electron chi connectivity index (χ1n) is 8.20. The fourth-order valence-electron chi connectivity index (χ4n) is 2.65. The standard InChI is InChI=1S/C20H21NO5/c1-26-20(25)17-9-7-16(8-10-17)13-18(19(23)24)21(14-22)12-11-15-5-3-2-4-6-15/h2-10,14,18H,11-13H2,1H3,(H,23,24)/t18-/m0/s1. The molecule has 1 N–H and O–H groups in total. The number of methoxy groups -OCH3 is 1. The average molecular weight is 355 g/mol. The number of nitrogens with zero attached hydrogens (tertiary/aromatic N) is 1. The number of esters is 1. The van der Waals surface area contributed by atoms with Gasteiger partial charge in [-0.25, -0.2) is 9.59 Å². The number of carbonyl (C=O) groups is 3. The van der Waals surface area contributed by atoms with Crippen molar-refractivity contribution >= 4 is 18.3 Å². The summed E-state index contributed by atoms with van der Waals surface area (Å²) < 4.78 is 4.64. The van der Waals surface area contributed by atoms with Crippen molar-refractivity contribution < 1.29 is 24.2 Å². The Morgan fingerprint density at radius 2 is 1.73 bits per heavy atom. The molecule has 0 spiro atoms. The fourth-order valence-corrected chi connectivity index (χ4v) is 2.65. The molecule has 0 bridgehead atoms. The zero-order valence-electron chi connectivity index (χ0n) is 14.5. The van der Waals surface area contributed by atoms with Crippen molar-refractivity contribution in [3.63, 3.8) is 0 Å². The molecule has 0 aliphatic carbocycles. The van der Waals surface area contributed by atoms with E-state index in [0.717, 1.165) is 11.1 Å². The third-order valence-electron chi connectivity index (χ3n) is 4.13. The van der Waals surface area contributed by atoms with Crippen LogP contribution in [0.25, 0.3) is 0 Å². The van der Waals surface area contributed by atoms with E-state index in [1.165, 1.54) is 12.0 Å². The minimum absolute atomic E-state index is 0.157. The van der Waals surface area contributed by atoms with Crippen LogP contribution in [0, 0.1) is 0 Å². The molecule has 0 aliphatic rings. The van der Waals surface area contributed by atoms with Gasteiger partial charge in [-0.2, -0.15) is 0 Å². The van der Waals surface area contributed by atoms with Gasteiger partial charge in [0.2, 0.25) is 6.41 Å². The number of aliphatic carboxylic acids is 1. The highest BCUT2D eigenvalue weighted by Gasteiger charge is 2.24. The zero-order chi connectivity index (χ0) is 18.9. The van der Waals surface area contributed by atoms with Crippen LogP contribution in [0.4, 0.5) is 0 Å². The molecular weight excluding hydrogens is 334 g/mol. The second kappa shape index (κ2) is 9.36. The van der Waals surface area contributed by atoms with Crippen LogP contribution in [-0.4, -0.2) is 48.1 Å². The summed E-state index contributed by atoms with van der Waals surface area (Å²) in [4.78, 5) is 35.9. The summed E-state index contributed by atoms with van der Waals surface area (Å²) in [6.07, 6.45) is 1.31. The summed E-state index contributed by atoms with van der Waals surface area (Å²) in [5, 5.41) is 9.54. The van der Waals surface area contributed by atoms with E-state index in [2.05, 4.69) is 4.74 Å². The molecule has 6 nitrogen and oxygen atoms in total. The highest BCUT2D eigenvalue weighted by molar-refractivity contribution is 5.89. The van der Waals surface area contributed by atoms with Gasteiger partial charge in [-0.1, -0.05) is 42.5 Å². The maximum Gasteiger partial charge on any atom is 0.337 e. The molecule has 26 heavy (non-hydrogen) atoms. The summed E-state index contributed by atoms with van der Waals surface area (Å²) in [7, 11) is 1.30. The van der Waals surface area contributed by atoms with Gasteiger partial charge < -0.3 is 14.7 Å². The van der Waals surface area contributed by atoms with E-state index < -0.39 is 18.0 Å². The molecule has 0 aromatic heterocycles. The van der Waals surface area contributed by atoms with Crippen molar-refractivity contribution in [2.45, 2.75) is 18.9 Å². The first kappa shape index (κ1) is 19.2. The third-order valence-corrected chi connectivity index (χ3v) is 4.13. The Morgan fingerprint density at radius 1 is 1.08 bits per heavy atom. The molecule has 0 aliphatic heterocycles. The molecule has 1 amide bonds. The van der Waals surface area contributed by atoms with Crippen molar-refractivity contribution in [1.82, 2.24) is 4.90 Å². The lowest BCUT2D eigenvalue weighted by molar-refractivity contribution is -0.146. The van der Waals surface area contributed by atoms with Gasteiger partial charge in [-0.3, -0.25) is 4.79 Å². The highest BCUT2D eigenvalue weighted by atomic mass is 16.5. The molecule has 0 saturated carbocycles. The van der Waals surface area contributed by atoms with Crippen LogP contribution >= 0.6 is 0 Å². The Hall–Kier alpha value is -3.15. The van der Waals surface area contributed by atoms with Gasteiger partial charge in [0.15, 0.2) is 0 Å². The maximum absolute atomic E-state index is 11.7. The SMILES string of the molecule is COC(=O)c1ccc(C[C@@H](C(=O)O)N(C=O)CCc2ccccc2)cc1. The predicted octanol–water partition coefficient (Wildman–Crippen LogP) is 2.17. The average Bonchev–Trinajstić information content (AvgIpc) is 2.68. The van der Waals surface area contributed by atoms with Crippen LogP contribution in [-0.2, 0) is 27.2 Å². The maximum atomic E-state index is 11.7. The lowest BCUT2D eigenvalue weighted by Gasteiger charge is -2.25. The Morgan fingerprint density at radius 3 is 2.27 bits per heavy atom. The number of rotatable bonds is 9. The largest absolute Gasteiger partial charge is 0.480 e. The second-order valence-electron chi connectivity index (χ2n) is 5.83. The molecule has 0 radical (unpaired) electrons. The number of benzene rings is 2. The van der Waals surface area contributed by atoms with Gasteiger partial charge in [0.1, 0.15) is 6.04 Å². The first-order chi connectivity index (χ1) is 12.5. The lowest BCUT2D eigenvalue weighted by atomic mass is 10.0. The van der Waals surface area contributed by atoms with Gasteiger partial charge >= 0.3 is 11.9 Å². The van der Waals surface area contributed by atoms with Crippen molar-refractivity contribution in [3.05, 3.63) is 71.3 Å². The van der Waals surface area contributed by atoms with E-state index in [1.54, 1.807) is 24.3 Å². The van der Waals surface area contributed by atoms with Crippen LogP contribution in [0.5, 0.6) is 0 Å². The van der Waals surface area contributed by atoms with Gasteiger partial charge in [0.25, 0.3) is 0 Å². The van der Waals surface area contributed by atoms with Crippen LogP contribution < -0.4 is 0 Å². The van der Waals surface area contributed by atoms with Gasteiger partial charge in [-0.05, 0) is 29.7 Å². The molecule has 0 fully saturated rings. The van der Waals surface area contributed by atoms with E-state index in [1.807, 2.05) is 30.3 Å². The Balaban J connectivity index is 2.07. The Bertz CT molecular complexity index is 743. The van der Waals surface area contributed by atoms with Gasteiger partial charge in [0, 0.05) is 13.0 Å². The Labute approximate surface area is 152 Å². The number of amides is 1. The van der Waals surface area contributed by atoms with Crippen molar-refractivity contribution in [2.75, 3.05) is 13.7 Å². The number of hydrogen-bond acceptors (Lipinski definition) is 4. The molecule has 6 heteroatoms. The summed E-state index contributed by atoms with van der Waals surface area (Å²) in [5.41, 5.74) is 2.14. The molecule has 2 rings (SSSR count). The molecule has 2 aromatic rings. The van der Waals surface area contributed by atoms with Crippen molar-refractivity contribution in [3.8, 4) is 0 Å². The summed E-state index contributed by atoms with van der Waals surface area (Å²) in [5.74, 6) is -1.52. The summed E-state index contributed by atoms with van der Waals surface area (Å²) in [6.45, 7) is 0.310. The number of carboxylic acid groups (broad SMARTS) is 1. The number of hydrogen-bond donors (Lipinski definition) is 1. The number of ether oxygens (including phenoxy) is 1. The zero-order valence-corrected chi connectivity index (χ0v) is 14.5. The highest BCUT2D eigenvalue weighted by Crippen LogP contribution is 2.12. The van der Waals surface area contributed by atoms with E-state index >= 15 is 0 Å². The minimum Gasteiger partial charge on any atom is -0.480 e. The van der Waals surface area contributed by atoms with E-state index in [-0.39, 0.29) is 6.42 Å². The first-order valence-corrected chi connectivity index (χ1v) is 8.20. The van der Waals surface area contributed by atoms with E-state index in [4.69, 9.17) is 0 Å². The minimum atomic E-state index is -1.07. The number of carboxylic acids is 1. The topological polar surface area (TPSA) is 83.9 Å². The monoisotopic (exact) mass is 355 g/mol. The number of carbonyl (C=O) groups excluding carboxylic acids is 2. The normalized spacial score (nSPS) is 11.4. The Kier molecular flexibility index (Phi) is 6.91. The van der Waals surface area contributed by atoms with Crippen LogP contribution in [0.1, 0.15) is 21.5 Å². The lowest BCUT2D eigenvalue weighted by Crippen LogP contribution is -2.43. The van der Waals surface area contributed by atoms with Crippen LogP contribution in [0.3, 0.4) is 0 Å². The smallest absolute Gasteiger partial charge is 0.337 e. The summed E-state index contributed by atoms with van der Waals surface area (Å²) >= 11 is 0. The molecular formula is C20H21NO5. The van der Waals surface area contributed by atoms with E-state index in [0.29, 0.717) is 24.9 Å². The third kappa shape index (κ3) is 5.17. The molecule has 0 heterocycles. The molecule has 0 saturated heterocycles. The van der Waals surface area contributed by atoms with Crippen molar-refractivity contribution in [1.29, 1.82) is 0 Å². The predicted molar refractivity (Wildman–Crippen MR) is 95.8 cm³/mol. The molecule has 0 unspecified atom stereocenters. The van der Waals surface area contributed by atoms with Gasteiger partial charge in [-0.15, -0.1) is 0 Å². The quantitative estimate of drug-likeness (QED) is 0.550. The second-order valence-corrected chi connectivity index (χ2v) is 5.83. The summed E-state index contributed by atoms with van der Waals surface area (Å²) in [6, 6.07) is 15.1. The molecule has 2 aromatic carbocycles.